The Labute approximate surface area is 102 Å². The summed E-state index contributed by atoms with van der Waals surface area (Å²) < 4.78 is 0. The van der Waals surface area contributed by atoms with Crippen molar-refractivity contribution in [2.45, 2.75) is 24.3 Å². The van der Waals surface area contributed by atoms with Crippen LogP contribution in [0.5, 0.6) is 0 Å². The molecule has 100 valence electrons. The number of amides is 1. The number of hydrogen-bond acceptors (Lipinski definition) is 7. The van der Waals surface area contributed by atoms with Crippen LogP contribution in [0.25, 0.3) is 0 Å². The van der Waals surface area contributed by atoms with Crippen LogP contribution in [0.15, 0.2) is 0 Å². The molecule has 1 aromatic rings. The van der Waals surface area contributed by atoms with E-state index in [4.69, 9.17) is 16.6 Å². The minimum absolute atomic E-state index is 0.0184. The topological polar surface area (TPSA) is 171 Å². The molecule has 9 heteroatoms. The molecule has 9 N–H and O–H groups in total. The molecule has 9 nitrogen and oxygen atoms in total. The van der Waals surface area contributed by atoms with Crippen LogP contribution in [-0.2, 0) is 0 Å². The van der Waals surface area contributed by atoms with Gasteiger partial charge in [-0.25, -0.2) is 0 Å². The Bertz CT molecular complexity index is 462. The zero-order chi connectivity index (χ0) is 13.4. The van der Waals surface area contributed by atoms with Gasteiger partial charge in [-0.1, -0.05) is 0 Å². The SMILES string of the molecule is NC(=O)c1n[nH]c([C@@H]2N[C@H](CO)[C@H](O)[C@@H]2O)c1N. The van der Waals surface area contributed by atoms with E-state index in [1.165, 1.54) is 0 Å². The lowest BCUT2D eigenvalue weighted by Gasteiger charge is -2.14. The Hall–Kier alpha value is -1.68. The first-order valence-corrected chi connectivity index (χ1v) is 5.34. The number of H-pyrrole nitrogens is 1. The summed E-state index contributed by atoms with van der Waals surface area (Å²) in [7, 11) is 0. The number of aliphatic hydroxyl groups excluding tert-OH is 3. The molecular formula is C9H15N5O4. The molecule has 18 heavy (non-hydrogen) atoms. The van der Waals surface area contributed by atoms with E-state index < -0.39 is 30.2 Å². The van der Waals surface area contributed by atoms with Gasteiger partial charge in [0.05, 0.1) is 36.2 Å². The summed E-state index contributed by atoms with van der Waals surface area (Å²) in [6.07, 6.45) is -2.31. The van der Waals surface area contributed by atoms with Gasteiger partial charge in [0.1, 0.15) is 6.10 Å². The number of primary amides is 1. The summed E-state index contributed by atoms with van der Waals surface area (Å²) in [6, 6.07) is -1.43. The molecule has 0 saturated carbocycles. The van der Waals surface area contributed by atoms with Crippen LogP contribution < -0.4 is 16.8 Å². The second-order valence-electron chi connectivity index (χ2n) is 4.18. The number of nitrogens with two attached hydrogens (primary N) is 2. The van der Waals surface area contributed by atoms with Gasteiger partial charge in [0.15, 0.2) is 5.69 Å². The first-order valence-electron chi connectivity index (χ1n) is 5.34. The smallest absolute Gasteiger partial charge is 0.271 e. The van der Waals surface area contributed by atoms with Crippen molar-refractivity contribution < 1.29 is 20.1 Å². The largest absolute Gasteiger partial charge is 0.395 e. The van der Waals surface area contributed by atoms with Crippen molar-refractivity contribution in [2.24, 2.45) is 5.73 Å². The van der Waals surface area contributed by atoms with E-state index in [9.17, 15) is 15.0 Å². The van der Waals surface area contributed by atoms with Gasteiger partial charge in [-0.3, -0.25) is 15.2 Å². The second-order valence-corrected chi connectivity index (χ2v) is 4.18. The number of nitrogens with zero attached hydrogens (tertiary/aromatic N) is 1. The Kier molecular flexibility index (Phi) is 3.22. The van der Waals surface area contributed by atoms with E-state index in [0.29, 0.717) is 0 Å². The van der Waals surface area contributed by atoms with Crippen LogP contribution in [0.3, 0.4) is 0 Å². The maximum Gasteiger partial charge on any atom is 0.271 e. The van der Waals surface area contributed by atoms with Crippen LogP contribution in [-0.4, -0.2) is 56.3 Å². The van der Waals surface area contributed by atoms with Crippen LogP contribution >= 0.6 is 0 Å². The van der Waals surface area contributed by atoms with Gasteiger partial charge >= 0.3 is 0 Å². The number of rotatable bonds is 3. The zero-order valence-corrected chi connectivity index (χ0v) is 9.37. The van der Waals surface area contributed by atoms with Gasteiger partial charge in [-0.15, -0.1) is 0 Å². The molecule has 2 rings (SSSR count). The van der Waals surface area contributed by atoms with Gasteiger partial charge in [0.2, 0.25) is 0 Å². The number of carbonyl (C=O) groups is 1. The average molecular weight is 257 g/mol. The first-order chi connectivity index (χ1) is 8.47. The fraction of sp³-hybridized carbons (Fsp3) is 0.556. The minimum atomic E-state index is -1.18. The van der Waals surface area contributed by atoms with Crippen LogP contribution in [0, 0.1) is 0 Å². The summed E-state index contributed by atoms with van der Waals surface area (Å²) >= 11 is 0. The van der Waals surface area contributed by atoms with Crippen molar-refractivity contribution in [3.63, 3.8) is 0 Å². The third-order valence-corrected chi connectivity index (χ3v) is 3.07. The normalized spacial score (nSPS) is 31.7. The zero-order valence-electron chi connectivity index (χ0n) is 9.37. The predicted octanol–water partition coefficient (Wildman–Crippen LogP) is -3.18. The van der Waals surface area contributed by atoms with Crippen molar-refractivity contribution in [1.29, 1.82) is 0 Å². The number of aromatic amines is 1. The molecule has 0 bridgehead atoms. The number of carbonyl (C=O) groups excluding carboxylic acids is 1. The summed E-state index contributed by atoms with van der Waals surface area (Å²) in [4.78, 5) is 11.0. The molecule has 1 aliphatic heterocycles. The molecule has 1 aromatic heterocycles. The number of anilines is 1. The van der Waals surface area contributed by atoms with Gasteiger partial charge < -0.3 is 26.8 Å². The Morgan fingerprint density at radius 3 is 2.50 bits per heavy atom. The molecule has 0 radical (unpaired) electrons. The summed E-state index contributed by atoms with van der Waals surface area (Å²) in [5, 5.41) is 37.5. The first kappa shape index (κ1) is 12.8. The standard InChI is InChI=1S/C9H15N5O4/c10-3-4(13-14-5(3)9(11)18)6-8(17)7(16)2(1-15)12-6/h2,6-8,12,15-17H,1,10H2,(H2,11,18)(H,13,14)/t2-,6+,7+,8-/m1/s1. The van der Waals surface area contributed by atoms with Gasteiger partial charge in [-0.05, 0) is 0 Å². The lowest BCUT2D eigenvalue weighted by molar-refractivity contribution is 0.0191. The van der Waals surface area contributed by atoms with E-state index in [1.807, 2.05) is 0 Å². The highest BCUT2D eigenvalue weighted by Crippen LogP contribution is 2.30. The van der Waals surface area contributed by atoms with Gasteiger partial charge in [0.25, 0.3) is 5.91 Å². The number of aliphatic hydroxyl groups is 3. The predicted molar refractivity (Wildman–Crippen MR) is 60.3 cm³/mol. The lowest BCUT2D eigenvalue weighted by Crippen LogP contribution is -2.35. The number of hydrogen-bond donors (Lipinski definition) is 7. The van der Waals surface area contributed by atoms with Gasteiger partial charge in [-0.2, -0.15) is 5.10 Å². The van der Waals surface area contributed by atoms with Crippen molar-refractivity contribution in [1.82, 2.24) is 15.5 Å². The van der Waals surface area contributed by atoms with Crippen LogP contribution in [0.1, 0.15) is 22.2 Å². The molecular weight excluding hydrogens is 242 g/mol. The van der Waals surface area contributed by atoms with Crippen molar-refractivity contribution >= 4 is 11.6 Å². The van der Waals surface area contributed by atoms with E-state index in [2.05, 4.69) is 15.5 Å². The second kappa shape index (κ2) is 4.53. The Balaban J connectivity index is 2.30. The molecule has 1 amide bonds. The van der Waals surface area contributed by atoms with E-state index >= 15 is 0 Å². The molecule has 0 aromatic carbocycles. The fourth-order valence-corrected chi connectivity index (χ4v) is 2.07. The summed E-state index contributed by atoms with van der Waals surface area (Å²) in [6.45, 7) is -0.342. The highest BCUT2D eigenvalue weighted by atomic mass is 16.3. The molecule has 0 spiro atoms. The van der Waals surface area contributed by atoms with E-state index in [-0.39, 0.29) is 23.7 Å². The highest BCUT2D eigenvalue weighted by Gasteiger charge is 2.43. The number of aromatic nitrogens is 2. The maximum atomic E-state index is 11.0. The Morgan fingerprint density at radius 1 is 1.39 bits per heavy atom. The van der Waals surface area contributed by atoms with Gasteiger partial charge in [0, 0.05) is 0 Å². The molecule has 1 aliphatic rings. The molecule has 0 unspecified atom stereocenters. The number of nitrogens with one attached hydrogen (secondary N) is 2. The van der Waals surface area contributed by atoms with Crippen molar-refractivity contribution in [2.75, 3.05) is 12.3 Å². The molecule has 1 saturated heterocycles. The van der Waals surface area contributed by atoms with E-state index in [1.54, 1.807) is 0 Å². The Morgan fingerprint density at radius 2 is 2.06 bits per heavy atom. The lowest BCUT2D eigenvalue weighted by atomic mass is 10.0. The molecule has 1 fully saturated rings. The molecule has 2 heterocycles. The quantitative estimate of drug-likeness (QED) is 0.299. The third-order valence-electron chi connectivity index (χ3n) is 3.07. The third kappa shape index (κ3) is 1.82. The van der Waals surface area contributed by atoms with Crippen LogP contribution in [0.2, 0.25) is 0 Å². The van der Waals surface area contributed by atoms with E-state index in [0.717, 1.165) is 0 Å². The molecule has 4 atom stereocenters. The molecule has 0 aliphatic carbocycles. The van der Waals surface area contributed by atoms with Crippen molar-refractivity contribution in [3.8, 4) is 0 Å². The van der Waals surface area contributed by atoms with Crippen LogP contribution in [0.4, 0.5) is 5.69 Å². The number of nitrogen functional groups attached to an aromatic ring is 1. The minimum Gasteiger partial charge on any atom is -0.395 e. The summed E-state index contributed by atoms with van der Waals surface area (Å²) in [5.74, 6) is -0.790. The fourth-order valence-electron chi connectivity index (χ4n) is 2.07. The monoisotopic (exact) mass is 257 g/mol. The average Bonchev–Trinajstić information content (AvgIpc) is 2.82. The summed E-state index contributed by atoms with van der Waals surface area (Å²) in [5.41, 5.74) is 10.9. The highest BCUT2D eigenvalue weighted by molar-refractivity contribution is 5.96. The maximum absolute atomic E-state index is 11.0. The van der Waals surface area contributed by atoms with Crippen molar-refractivity contribution in [3.05, 3.63) is 11.4 Å².